The van der Waals surface area contributed by atoms with Crippen LogP contribution in [0.1, 0.15) is 80.1 Å². The van der Waals surface area contributed by atoms with Crippen LogP contribution < -0.4 is 0 Å². The van der Waals surface area contributed by atoms with Crippen molar-refractivity contribution in [2.24, 2.45) is 0 Å². The zero-order valence-electron chi connectivity index (χ0n) is 22.8. The molecular formula is C31H45N5. The first-order valence-corrected chi connectivity index (χ1v) is 14.5. The summed E-state index contributed by atoms with van der Waals surface area (Å²) in [5.74, 6) is 1.12. The Morgan fingerprint density at radius 2 is 1.58 bits per heavy atom. The van der Waals surface area contributed by atoms with Crippen LogP contribution in [-0.2, 0) is 19.4 Å². The van der Waals surface area contributed by atoms with Crippen LogP contribution in [0.2, 0.25) is 0 Å². The molecule has 0 amide bonds. The Hall–Kier alpha value is -2.24. The minimum atomic E-state index is 0.837. The Kier molecular flexibility index (Phi) is 8.38. The van der Waals surface area contributed by atoms with E-state index >= 15 is 0 Å². The molecule has 36 heavy (non-hydrogen) atoms. The molecule has 194 valence electrons. The fourth-order valence-electron chi connectivity index (χ4n) is 6.33. The maximum atomic E-state index is 4.90. The first kappa shape index (κ1) is 25.4. The number of nitrogens with zero attached hydrogens (tertiary/aromatic N) is 5. The van der Waals surface area contributed by atoms with Crippen LogP contribution in [-0.4, -0.2) is 63.1 Å². The van der Waals surface area contributed by atoms with Crippen LogP contribution >= 0.6 is 0 Å². The van der Waals surface area contributed by atoms with E-state index < -0.39 is 0 Å². The number of imidazole rings is 1. The Morgan fingerprint density at radius 3 is 2.31 bits per heavy atom. The monoisotopic (exact) mass is 487 g/mol. The molecule has 0 N–H and O–H groups in total. The summed E-state index contributed by atoms with van der Waals surface area (Å²) in [6, 6.07) is 12.2. The van der Waals surface area contributed by atoms with Crippen LogP contribution in [0.3, 0.4) is 0 Å². The Balaban J connectivity index is 1.08. The molecule has 1 aromatic carbocycles. The molecule has 0 saturated carbocycles. The molecule has 0 radical (unpaired) electrons. The molecule has 2 saturated heterocycles. The van der Waals surface area contributed by atoms with Gasteiger partial charge in [-0.15, -0.1) is 0 Å². The van der Waals surface area contributed by atoms with Gasteiger partial charge in [-0.2, -0.15) is 0 Å². The molecule has 5 nitrogen and oxygen atoms in total. The largest absolute Gasteiger partial charge is 0.308 e. The van der Waals surface area contributed by atoms with Gasteiger partial charge in [0.2, 0.25) is 0 Å². The predicted octanol–water partition coefficient (Wildman–Crippen LogP) is 5.93. The fraction of sp³-hybridized carbons (Fsp3) is 0.613. The predicted molar refractivity (Wildman–Crippen MR) is 150 cm³/mol. The topological polar surface area (TPSA) is 37.2 Å². The number of piperidine rings is 2. The zero-order valence-corrected chi connectivity index (χ0v) is 22.8. The van der Waals surface area contributed by atoms with Gasteiger partial charge in [0.05, 0.1) is 6.54 Å². The normalized spacial score (nSPS) is 18.3. The SMILES string of the molecule is CCc1nc2c(C)cc(C)nc2n1Cc1ccc(CCCCN2CCC(N3CCCCC3)CC2)cc1. The lowest BCUT2D eigenvalue weighted by Gasteiger charge is -2.40. The van der Waals surface area contributed by atoms with E-state index in [4.69, 9.17) is 9.97 Å². The molecule has 4 heterocycles. The van der Waals surface area contributed by atoms with Crippen molar-refractivity contribution in [1.82, 2.24) is 24.3 Å². The van der Waals surface area contributed by atoms with Crippen molar-refractivity contribution in [1.29, 1.82) is 0 Å². The summed E-state index contributed by atoms with van der Waals surface area (Å²) >= 11 is 0. The summed E-state index contributed by atoms with van der Waals surface area (Å²) in [5, 5.41) is 0. The van der Waals surface area contributed by atoms with Crippen molar-refractivity contribution >= 4 is 11.2 Å². The van der Waals surface area contributed by atoms with Gasteiger partial charge in [-0.3, -0.25) is 0 Å². The van der Waals surface area contributed by atoms with E-state index in [0.717, 1.165) is 41.7 Å². The molecule has 2 fully saturated rings. The van der Waals surface area contributed by atoms with Crippen molar-refractivity contribution < 1.29 is 0 Å². The van der Waals surface area contributed by atoms with Crippen LogP contribution in [0.5, 0.6) is 0 Å². The second-order valence-electron chi connectivity index (χ2n) is 11.2. The average molecular weight is 488 g/mol. The van der Waals surface area contributed by atoms with Gasteiger partial charge in [0.1, 0.15) is 11.3 Å². The third-order valence-electron chi connectivity index (χ3n) is 8.43. The highest BCUT2D eigenvalue weighted by Crippen LogP contribution is 2.23. The first-order valence-electron chi connectivity index (χ1n) is 14.5. The summed E-state index contributed by atoms with van der Waals surface area (Å²) in [7, 11) is 0. The quantitative estimate of drug-likeness (QED) is 0.351. The molecule has 3 aromatic rings. The van der Waals surface area contributed by atoms with Crippen molar-refractivity contribution in [2.45, 2.75) is 91.1 Å². The molecule has 2 aliphatic rings. The number of hydrogen-bond donors (Lipinski definition) is 0. The number of benzene rings is 1. The van der Waals surface area contributed by atoms with Crippen molar-refractivity contribution in [3.05, 3.63) is 58.5 Å². The van der Waals surface area contributed by atoms with E-state index in [0.29, 0.717) is 0 Å². The molecule has 0 bridgehead atoms. The van der Waals surface area contributed by atoms with Gasteiger partial charge in [0.25, 0.3) is 0 Å². The molecule has 0 aliphatic carbocycles. The standard InChI is InChI=1S/C31H45N5/c1-4-29-33-30-24(2)22-25(3)32-31(30)36(29)23-27-13-11-26(12-14-27)10-6-9-17-34-20-15-28(16-21-34)35-18-7-5-8-19-35/h11-14,22,28H,4-10,15-21,23H2,1-3H3. The second-order valence-corrected chi connectivity index (χ2v) is 11.2. The van der Waals surface area contributed by atoms with Gasteiger partial charge in [-0.25, -0.2) is 9.97 Å². The lowest BCUT2D eigenvalue weighted by Crippen LogP contribution is -2.46. The Labute approximate surface area is 217 Å². The number of aryl methyl sites for hydroxylation is 4. The summed E-state index contributed by atoms with van der Waals surface area (Å²) in [5.41, 5.74) is 7.13. The maximum absolute atomic E-state index is 4.90. The van der Waals surface area contributed by atoms with Gasteiger partial charge >= 0.3 is 0 Å². The zero-order chi connectivity index (χ0) is 24.9. The van der Waals surface area contributed by atoms with E-state index in [1.54, 1.807) is 0 Å². The number of hydrogen-bond acceptors (Lipinski definition) is 4. The van der Waals surface area contributed by atoms with E-state index in [1.807, 2.05) is 0 Å². The summed E-state index contributed by atoms with van der Waals surface area (Å²) in [6.07, 6.45) is 11.7. The van der Waals surface area contributed by atoms with Crippen LogP contribution in [0.15, 0.2) is 30.3 Å². The molecular weight excluding hydrogens is 442 g/mol. The van der Waals surface area contributed by atoms with Crippen LogP contribution in [0.25, 0.3) is 11.2 Å². The molecule has 2 aromatic heterocycles. The highest BCUT2D eigenvalue weighted by Gasteiger charge is 2.25. The number of unbranched alkanes of at least 4 members (excludes halogenated alkanes) is 1. The minimum absolute atomic E-state index is 0.837. The summed E-state index contributed by atoms with van der Waals surface area (Å²) in [4.78, 5) is 15.2. The molecule has 2 aliphatic heterocycles. The van der Waals surface area contributed by atoms with Gasteiger partial charge in [-0.1, -0.05) is 37.6 Å². The van der Waals surface area contributed by atoms with Crippen molar-refractivity contribution in [3.8, 4) is 0 Å². The molecule has 0 atom stereocenters. The maximum Gasteiger partial charge on any atom is 0.160 e. The highest BCUT2D eigenvalue weighted by molar-refractivity contribution is 5.76. The van der Waals surface area contributed by atoms with Gasteiger partial charge in [-0.05, 0) is 114 Å². The van der Waals surface area contributed by atoms with Gasteiger partial charge in [0.15, 0.2) is 5.65 Å². The Morgan fingerprint density at radius 1 is 0.861 bits per heavy atom. The number of pyridine rings is 1. The first-order chi connectivity index (χ1) is 17.6. The third-order valence-corrected chi connectivity index (χ3v) is 8.43. The average Bonchev–Trinajstić information content (AvgIpc) is 3.26. The third kappa shape index (κ3) is 6.00. The Bertz CT molecular complexity index is 1120. The molecule has 0 unspecified atom stereocenters. The lowest BCUT2D eigenvalue weighted by atomic mass is 9.99. The second kappa shape index (κ2) is 11.9. The van der Waals surface area contributed by atoms with Crippen molar-refractivity contribution in [2.75, 3.05) is 32.7 Å². The number of rotatable bonds is 9. The van der Waals surface area contributed by atoms with Gasteiger partial charge in [0, 0.05) is 18.2 Å². The minimum Gasteiger partial charge on any atom is -0.308 e. The smallest absolute Gasteiger partial charge is 0.160 e. The number of likely N-dealkylation sites (tertiary alicyclic amines) is 2. The molecule has 0 spiro atoms. The number of fused-ring (bicyclic) bond motifs is 1. The fourth-order valence-corrected chi connectivity index (χ4v) is 6.33. The van der Waals surface area contributed by atoms with E-state index in [9.17, 15) is 0 Å². The van der Waals surface area contributed by atoms with E-state index in [2.05, 4.69) is 65.5 Å². The summed E-state index contributed by atoms with van der Waals surface area (Å²) < 4.78 is 2.30. The lowest BCUT2D eigenvalue weighted by molar-refractivity contribution is 0.0919. The van der Waals surface area contributed by atoms with Crippen molar-refractivity contribution in [3.63, 3.8) is 0 Å². The number of aromatic nitrogens is 3. The molecule has 5 rings (SSSR count). The van der Waals surface area contributed by atoms with E-state index in [-0.39, 0.29) is 0 Å². The van der Waals surface area contributed by atoms with Gasteiger partial charge < -0.3 is 14.4 Å². The van der Waals surface area contributed by atoms with Crippen LogP contribution in [0.4, 0.5) is 0 Å². The summed E-state index contributed by atoms with van der Waals surface area (Å²) in [6.45, 7) is 13.8. The van der Waals surface area contributed by atoms with Crippen LogP contribution in [0, 0.1) is 13.8 Å². The highest BCUT2D eigenvalue weighted by atomic mass is 15.2. The molecule has 5 heteroatoms. The van der Waals surface area contributed by atoms with E-state index in [1.165, 1.54) is 101 Å².